The first kappa shape index (κ1) is 13.5. The Kier molecular flexibility index (Phi) is 3.75. The molecule has 2 N–H and O–H groups in total. The van der Waals surface area contributed by atoms with Crippen LogP contribution >= 0.6 is 11.6 Å². The van der Waals surface area contributed by atoms with Crippen LogP contribution in [0.1, 0.15) is 5.56 Å². The highest BCUT2D eigenvalue weighted by atomic mass is 35.5. The van der Waals surface area contributed by atoms with Crippen molar-refractivity contribution in [3.05, 3.63) is 65.7 Å². The Balaban J connectivity index is 1.84. The van der Waals surface area contributed by atoms with Crippen molar-refractivity contribution in [3.63, 3.8) is 0 Å². The summed E-state index contributed by atoms with van der Waals surface area (Å²) in [7, 11) is 0. The third-order valence-electron chi connectivity index (χ3n) is 3.04. The molecule has 0 spiro atoms. The van der Waals surface area contributed by atoms with Crippen LogP contribution in [-0.2, 0) is 6.54 Å². The summed E-state index contributed by atoms with van der Waals surface area (Å²) in [5.74, 6) is 0.254. The van der Waals surface area contributed by atoms with Crippen molar-refractivity contribution < 1.29 is 5.11 Å². The van der Waals surface area contributed by atoms with Gasteiger partial charge in [-0.05, 0) is 35.9 Å². The Labute approximate surface area is 126 Å². The minimum absolute atomic E-state index is 0.254. The second kappa shape index (κ2) is 5.85. The van der Waals surface area contributed by atoms with Gasteiger partial charge in [-0.1, -0.05) is 23.7 Å². The zero-order chi connectivity index (χ0) is 14.7. The van der Waals surface area contributed by atoms with Crippen LogP contribution in [0.25, 0.3) is 5.69 Å². The second-order valence-electron chi connectivity index (χ2n) is 4.52. The van der Waals surface area contributed by atoms with Crippen LogP contribution in [0.15, 0.2) is 55.1 Å². The van der Waals surface area contributed by atoms with Gasteiger partial charge in [0.2, 0.25) is 0 Å². The van der Waals surface area contributed by atoms with E-state index in [1.165, 1.54) is 6.33 Å². The molecule has 1 heterocycles. The van der Waals surface area contributed by atoms with Crippen LogP contribution in [0, 0.1) is 0 Å². The summed E-state index contributed by atoms with van der Waals surface area (Å²) >= 11 is 6.06. The van der Waals surface area contributed by atoms with E-state index in [9.17, 15) is 5.11 Å². The molecule has 3 rings (SSSR count). The Bertz CT molecular complexity index is 726. The Morgan fingerprint density at radius 2 is 1.95 bits per heavy atom. The number of hydrogen-bond donors (Lipinski definition) is 2. The van der Waals surface area contributed by atoms with Crippen LogP contribution in [-0.4, -0.2) is 19.9 Å². The molecular weight excluding hydrogens is 288 g/mol. The molecule has 0 saturated carbocycles. The summed E-state index contributed by atoms with van der Waals surface area (Å²) in [5.41, 5.74) is 2.79. The number of aromatic nitrogens is 3. The van der Waals surface area contributed by atoms with E-state index < -0.39 is 0 Å². The molecule has 1 aromatic heterocycles. The van der Waals surface area contributed by atoms with Crippen LogP contribution in [0.2, 0.25) is 5.02 Å². The zero-order valence-corrected chi connectivity index (χ0v) is 11.8. The smallest absolute Gasteiger partial charge is 0.138 e. The highest BCUT2D eigenvalue weighted by molar-refractivity contribution is 6.31. The number of halogens is 1. The first-order valence-electron chi connectivity index (χ1n) is 6.39. The highest BCUT2D eigenvalue weighted by Crippen LogP contribution is 2.24. The lowest BCUT2D eigenvalue weighted by Gasteiger charge is -2.12. The lowest BCUT2D eigenvalue weighted by atomic mass is 10.2. The number of phenols is 1. The number of hydrogen-bond acceptors (Lipinski definition) is 4. The molecule has 0 saturated heterocycles. The van der Waals surface area contributed by atoms with E-state index in [1.807, 2.05) is 30.3 Å². The minimum atomic E-state index is 0.254. The molecule has 0 bridgehead atoms. The maximum atomic E-state index is 9.29. The van der Waals surface area contributed by atoms with Gasteiger partial charge in [-0.3, -0.25) is 0 Å². The third kappa shape index (κ3) is 3.14. The minimum Gasteiger partial charge on any atom is -0.508 e. The number of benzene rings is 2. The summed E-state index contributed by atoms with van der Waals surface area (Å²) in [4.78, 5) is 3.95. The van der Waals surface area contributed by atoms with Gasteiger partial charge in [-0.15, -0.1) is 0 Å². The monoisotopic (exact) mass is 300 g/mol. The Morgan fingerprint density at radius 1 is 1.14 bits per heavy atom. The van der Waals surface area contributed by atoms with Crippen molar-refractivity contribution >= 4 is 17.3 Å². The van der Waals surface area contributed by atoms with Crippen molar-refractivity contribution in [1.29, 1.82) is 0 Å². The van der Waals surface area contributed by atoms with Gasteiger partial charge in [0.15, 0.2) is 0 Å². The standard InChI is InChI=1S/C15H13ClN4O/c16-12-3-6-15(20-10-17-9-19-20)14(7-12)18-8-11-1-4-13(21)5-2-11/h1-7,9-10,18,21H,8H2. The molecule has 6 heteroatoms. The molecule has 5 nitrogen and oxygen atoms in total. The first-order chi connectivity index (χ1) is 10.2. The van der Waals surface area contributed by atoms with Crippen molar-refractivity contribution in [2.75, 3.05) is 5.32 Å². The predicted octanol–water partition coefficient (Wildman–Crippen LogP) is 3.24. The second-order valence-corrected chi connectivity index (χ2v) is 4.96. The predicted molar refractivity (Wildman–Crippen MR) is 81.8 cm³/mol. The summed E-state index contributed by atoms with van der Waals surface area (Å²) in [5, 5.41) is 17.4. The molecule has 0 radical (unpaired) electrons. The highest BCUT2D eigenvalue weighted by Gasteiger charge is 2.06. The third-order valence-corrected chi connectivity index (χ3v) is 3.28. The number of nitrogens with zero attached hydrogens (tertiary/aromatic N) is 3. The molecule has 3 aromatic rings. The number of aromatic hydroxyl groups is 1. The summed E-state index contributed by atoms with van der Waals surface area (Å²) in [6.45, 7) is 0.613. The van der Waals surface area contributed by atoms with E-state index >= 15 is 0 Å². The van der Waals surface area contributed by atoms with E-state index in [2.05, 4.69) is 15.4 Å². The molecule has 0 aliphatic rings. The maximum Gasteiger partial charge on any atom is 0.138 e. The Morgan fingerprint density at radius 3 is 2.67 bits per heavy atom. The first-order valence-corrected chi connectivity index (χ1v) is 6.76. The van der Waals surface area contributed by atoms with Gasteiger partial charge in [0.05, 0.1) is 11.4 Å². The van der Waals surface area contributed by atoms with Gasteiger partial charge in [-0.2, -0.15) is 5.10 Å². The van der Waals surface area contributed by atoms with Crippen molar-refractivity contribution in [2.24, 2.45) is 0 Å². The van der Waals surface area contributed by atoms with Crippen molar-refractivity contribution in [1.82, 2.24) is 14.8 Å². The molecule has 0 aliphatic carbocycles. The fourth-order valence-electron chi connectivity index (χ4n) is 1.99. The SMILES string of the molecule is Oc1ccc(CNc2cc(Cl)ccc2-n2cncn2)cc1. The molecule has 0 atom stereocenters. The number of phenolic OH excluding ortho intramolecular Hbond substituents is 1. The number of nitrogens with one attached hydrogen (secondary N) is 1. The normalized spacial score (nSPS) is 10.5. The van der Waals surface area contributed by atoms with E-state index in [0.717, 1.165) is 16.9 Å². The van der Waals surface area contributed by atoms with E-state index in [4.69, 9.17) is 11.6 Å². The molecular formula is C15H13ClN4O. The average Bonchev–Trinajstić information content (AvgIpc) is 3.01. The maximum absolute atomic E-state index is 9.29. The largest absolute Gasteiger partial charge is 0.508 e. The van der Waals surface area contributed by atoms with Crippen LogP contribution in [0.4, 0.5) is 5.69 Å². The van der Waals surface area contributed by atoms with Gasteiger partial charge in [0, 0.05) is 11.6 Å². The molecule has 0 fully saturated rings. The van der Waals surface area contributed by atoms with E-state index in [1.54, 1.807) is 23.1 Å². The van der Waals surface area contributed by atoms with Gasteiger partial charge in [0.25, 0.3) is 0 Å². The van der Waals surface area contributed by atoms with E-state index in [0.29, 0.717) is 11.6 Å². The van der Waals surface area contributed by atoms with Gasteiger partial charge in [-0.25, -0.2) is 9.67 Å². The molecule has 0 aliphatic heterocycles. The zero-order valence-electron chi connectivity index (χ0n) is 11.1. The van der Waals surface area contributed by atoms with Gasteiger partial charge >= 0.3 is 0 Å². The van der Waals surface area contributed by atoms with E-state index in [-0.39, 0.29) is 5.75 Å². The van der Waals surface area contributed by atoms with Crippen LogP contribution < -0.4 is 5.32 Å². The molecule has 0 unspecified atom stereocenters. The topological polar surface area (TPSA) is 63.0 Å². The summed E-state index contributed by atoms with van der Waals surface area (Å²) in [6, 6.07) is 12.6. The quantitative estimate of drug-likeness (QED) is 0.776. The lowest BCUT2D eigenvalue weighted by molar-refractivity contribution is 0.475. The van der Waals surface area contributed by atoms with Crippen LogP contribution in [0.3, 0.4) is 0 Å². The fourth-order valence-corrected chi connectivity index (χ4v) is 2.17. The fraction of sp³-hybridized carbons (Fsp3) is 0.0667. The lowest BCUT2D eigenvalue weighted by Crippen LogP contribution is -2.05. The molecule has 106 valence electrons. The molecule has 0 amide bonds. The van der Waals surface area contributed by atoms with Gasteiger partial charge < -0.3 is 10.4 Å². The summed E-state index contributed by atoms with van der Waals surface area (Å²) in [6.07, 6.45) is 3.12. The number of anilines is 1. The van der Waals surface area contributed by atoms with Crippen LogP contribution in [0.5, 0.6) is 5.75 Å². The summed E-state index contributed by atoms with van der Waals surface area (Å²) < 4.78 is 1.68. The number of rotatable bonds is 4. The Hall–Kier alpha value is -2.53. The molecule has 2 aromatic carbocycles. The average molecular weight is 301 g/mol. The van der Waals surface area contributed by atoms with Crippen molar-refractivity contribution in [2.45, 2.75) is 6.54 Å². The van der Waals surface area contributed by atoms with Crippen molar-refractivity contribution in [3.8, 4) is 11.4 Å². The van der Waals surface area contributed by atoms with Gasteiger partial charge in [0.1, 0.15) is 18.4 Å². The molecule has 21 heavy (non-hydrogen) atoms.